The van der Waals surface area contributed by atoms with Gasteiger partial charge in [0.15, 0.2) is 0 Å². The van der Waals surface area contributed by atoms with Gasteiger partial charge in [0.2, 0.25) is 15.9 Å². The number of benzene rings is 3. The Morgan fingerprint density at radius 3 is 2.44 bits per heavy atom. The van der Waals surface area contributed by atoms with Crippen LogP contribution in [-0.4, -0.2) is 27.5 Å². The van der Waals surface area contributed by atoms with Crippen LogP contribution >= 0.6 is 23.2 Å². The van der Waals surface area contributed by atoms with Crippen LogP contribution < -0.4 is 14.8 Å². The van der Waals surface area contributed by atoms with E-state index in [1.807, 2.05) is 30.3 Å². The molecule has 3 aromatic carbocycles. The van der Waals surface area contributed by atoms with Crippen LogP contribution in [0, 0.1) is 6.92 Å². The Labute approximate surface area is 197 Å². The third-order valence-corrected chi connectivity index (χ3v) is 7.03. The summed E-state index contributed by atoms with van der Waals surface area (Å²) in [5.41, 5.74) is 1.80. The Morgan fingerprint density at radius 2 is 1.75 bits per heavy atom. The summed E-state index contributed by atoms with van der Waals surface area (Å²) in [6.45, 7) is 1.77. The van der Waals surface area contributed by atoms with E-state index in [0.29, 0.717) is 0 Å². The Balaban J connectivity index is 1.95. The van der Waals surface area contributed by atoms with Crippen molar-refractivity contribution in [1.82, 2.24) is 4.72 Å². The van der Waals surface area contributed by atoms with E-state index in [1.54, 1.807) is 37.3 Å². The molecule has 0 aromatic heterocycles. The third kappa shape index (κ3) is 5.81. The molecular formula is C23H22Cl2N2O4S. The third-order valence-electron chi connectivity index (χ3n) is 4.71. The van der Waals surface area contributed by atoms with Crippen LogP contribution in [0.2, 0.25) is 10.0 Å². The molecule has 1 amide bonds. The number of nitrogens with one attached hydrogen (secondary N) is 2. The fourth-order valence-corrected chi connectivity index (χ4v) is 4.90. The highest BCUT2D eigenvalue weighted by atomic mass is 35.5. The van der Waals surface area contributed by atoms with E-state index in [9.17, 15) is 13.2 Å². The van der Waals surface area contributed by atoms with Gasteiger partial charge in [-0.05, 0) is 48.7 Å². The second-order valence-electron chi connectivity index (χ2n) is 7.11. The van der Waals surface area contributed by atoms with E-state index in [-0.39, 0.29) is 32.8 Å². The average Bonchev–Trinajstić information content (AvgIpc) is 2.77. The number of ether oxygens (including phenoxy) is 1. The molecule has 0 bridgehead atoms. The van der Waals surface area contributed by atoms with E-state index in [2.05, 4.69) is 10.0 Å². The lowest BCUT2D eigenvalue weighted by Crippen LogP contribution is -2.45. The van der Waals surface area contributed by atoms with Crippen molar-refractivity contribution in [3.63, 3.8) is 0 Å². The number of carbonyl (C=O) groups is 1. The number of rotatable bonds is 8. The van der Waals surface area contributed by atoms with Crippen molar-refractivity contribution in [3.05, 3.63) is 87.9 Å². The van der Waals surface area contributed by atoms with Crippen LogP contribution in [0.15, 0.2) is 71.6 Å². The summed E-state index contributed by atoms with van der Waals surface area (Å²) in [5, 5.41) is 3.11. The largest absolute Gasteiger partial charge is 0.495 e. The van der Waals surface area contributed by atoms with Crippen LogP contribution in [0.4, 0.5) is 5.69 Å². The minimum Gasteiger partial charge on any atom is -0.495 e. The van der Waals surface area contributed by atoms with Gasteiger partial charge in [-0.25, -0.2) is 8.42 Å². The molecule has 32 heavy (non-hydrogen) atoms. The number of sulfonamides is 1. The van der Waals surface area contributed by atoms with Gasteiger partial charge in [-0.1, -0.05) is 65.7 Å². The molecule has 3 rings (SSSR count). The van der Waals surface area contributed by atoms with E-state index >= 15 is 0 Å². The standard InChI is InChI=1S/C23H22Cl2N2O4S/c1-15-11-12-20(31-2)21(13-15)32(29,30)27-19(14-16-7-4-3-5-8-16)23(28)26-18-10-6-9-17(24)22(18)25/h3-13,19,27H,14H2,1-2H3,(H,26,28)/t19-/m1/s1. The predicted octanol–water partition coefficient (Wildman–Crippen LogP) is 4.84. The molecule has 0 radical (unpaired) electrons. The molecule has 0 aliphatic rings. The minimum absolute atomic E-state index is 0.0494. The topological polar surface area (TPSA) is 84.5 Å². The fraction of sp³-hybridized carbons (Fsp3) is 0.174. The molecule has 9 heteroatoms. The summed E-state index contributed by atoms with van der Waals surface area (Å²) in [6, 6.07) is 17.6. The monoisotopic (exact) mass is 492 g/mol. The lowest BCUT2D eigenvalue weighted by Gasteiger charge is -2.20. The van der Waals surface area contributed by atoms with E-state index in [1.165, 1.54) is 13.2 Å². The quantitative estimate of drug-likeness (QED) is 0.471. The number of hydrogen-bond donors (Lipinski definition) is 2. The SMILES string of the molecule is COc1ccc(C)cc1S(=O)(=O)N[C@H](Cc1ccccc1)C(=O)Nc1cccc(Cl)c1Cl. The zero-order valence-corrected chi connectivity index (χ0v) is 19.8. The summed E-state index contributed by atoms with van der Waals surface area (Å²) in [6.07, 6.45) is 0.123. The number of hydrogen-bond acceptors (Lipinski definition) is 4. The van der Waals surface area contributed by atoms with Crippen LogP contribution in [0.5, 0.6) is 5.75 Å². The average molecular weight is 493 g/mol. The lowest BCUT2D eigenvalue weighted by molar-refractivity contribution is -0.117. The molecule has 3 aromatic rings. The van der Waals surface area contributed by atoms with Crippen molar-refractivity contribution in [2.24, 2.45) is 0 Å². The number of carbonyl (C=O) groups excluding carboxylic acids is 1. The second-order valence-corrected chi connectivity index (χ2v) is 9.58. The number of amides is 1. The van der Waals surface area contributed by atoms with Crippen molar-refractivity contribution < 1.29 is 17.9 Å². The molecule has 0 aliphatic heterocycles. The minimum atomic E-state index is -4.10. The Bertz CT molecular complexity index is 1220. The van der Waals surface area contributed by atoms with Crippen LogP contribution in [0.25, 0.3) is 0 Å². The van der Waals surface area contributed by atoms with Gasteiger partial charge in [0, 0.05) is 0 Å². The number of methoxy groups -OCH3 is 1. The molecular weight excluding hydrogens is 471 g/mol. The first-order valence-electron chi connectivity index (χ1n) is 9.67. The molecule has 6 nitrogen and oxygen atoms in total. The van der Waals surface area contributed by atoms with Gasteiger partial charge in [0.05, 0.1) is 22.8 Å². The summed E-state index contributed by atoms with van der Waals surface area (Å²) >= 11 is 12.2. The molecule has 0 saturated carbocycles. The predicted molar refractivity (Wildman–Crippen MR) is 127 cm³/mol. The normalized spacial score (nSPS) is 12.2. The Hall–Kier alpha value is -2.58. The molecule has 1 atom stereocenters. The van der Waals surface area contributed by atoms with Gasteiger partial charge in [-0.3, -0.25) is 4.79 Å². The van der Waals surface area contributed by atoms with Gasteiger partial charge < -0.3 is 10.1 Å². The number of anilines is 1. The van der Waals surface area contributed by atoms with Crippen molar-refractivity contribution in [2.75, 3.05) is 12.4 Å². The Morgan fingerprint density at radius 1 is 1.03 bits per heavy atom. The van der Waals surface area contributed by atoms with Crippen LogP contribution in [0.1, 0.15) is 11.1 Å². The van der Waals surface area contributed by atoms with E-state index < -0.39 is 22.0 Å². The van der Waals surface area contributed by atoms with Gasteiger partial charge in [-0.15, -0.1) is 0 Å². The van der Waals surface area contributed by atoms with Crippen LogP contribution in [-0.2, 0) is 21.2 Å². The lowest BCUT2D eigenvalue weighted by atomic mass is 10.1. The fourth-order valence-electron chi connectivity index (χ4n) is 3.10. The van der Waals surface area contributed by atoms with E-state index in [0.717, 1.165) is 11.1 Å². The van der Waals surface area contributed by atoms with Crippen molar-refractivity contribution in [3.8, 4) is 5.75 Å². The number of aryl methyl sites for hydroxylation is 1. The highest BCUT2D eigenvalue weighted by molar-refractivity contribution is 7.89. The van der Waals surface area contributed by atoms with Crippen molar-refractivity contribution in [1.29, 1.82) is 0 Å². The highest BCUT2D eigenvalue weighted by Crippen LogP contribution is 2.30. The van der Waals surface area contributed by atoms with Gasteiger partial charge in [0.25, 0.3) is 0 Å². The Kier molecular flexibility index (Phi) is 7.79. The maximum absolute atomic E-state index is 13.2. The molecule has 0 saturated heterocycles. The smallest absolute Gasteiger partial charge is 0.245 e. The van der Waals surface area contributed by atoms with E-state index in [4.69, 9.17) is 27.9 Å². The zero-order chi connectivity index (χ0) is 23.3. The van der Waals surface area contributed by atoms with Crippen LogP contribution in [0.3, 0.4) is 0 Å². The molecule has 0 unspecified atom stereocenters. The zero-order valence-electron chi connectivity index (χ0n) is 17.4. The molecule has 168 valence electrons. The second kappa shape index (κ2) is 10.4. The first-order chi connectivity index (χ1) is 15.2. The van der Waals surface area contributed by atoms with Gasteiger partial charge in [0.1, 0.15) is 16.7 Å². The molecule has 2 N–H and O–H groups in total. The first-order valence-corrected chi connectivity index (χ1v) is 11.9. The van der Waals surface area contributed by atoms with Crippen molar-refractivity contribution >= 4 is 44.8 Å². The summed E-state index contributed by atoms with van der Waals surface area (Å²) in [4.78, 5) is 13.1. The number of halogens is 2. The van der Waals surface area contributed by atoms with Gasteiger partial charge >= 0.3 is 0 Å². The molecule has 0 aliphatic carbocycles. The highest BCUT2D eigenvalue weighted by Gasteiger charge is 2.29. The molecule has 0 fully saturated rings. The summed E-state index contributed by atoms with van der Waals surface area (Å²) < 4.78 is 34.2. The maximum atomic E-state index is 13.2. The van der Waals surface area contributed by atoms with Gasteiger partial charge in [-0.2, -0.15) is 4.72 Å². The molecule has 0 spiro atoms. The molecule has 0 heterocycles. The summed E-state index contributed by atoms with van der Waals surface area (Å²) in [5.74, 6) is -0.395. The first kappa shape index (κ1) is 24.1. The van der Waals surface area contributed by atoms with Crippen molar-refractivity contribution in [2.45, 2.75) is 24.3 Å². The summed E-state index contributed by atoms with van der Waals surface area (Å²) in [7, 11) is -2.71. The maximum Gasteiger partial charge on any atom is 0.245 e.